The maximum atomic E-state index is 13.2. The normalized spacial score (nSPS) is 13.9. The van der Waals surface area contributed by atoms with Gasteiger partial charge in [0.15, 0.2) is 0 Å². The second kappa shape index (κ2) is 46.6. The van der Waals surface area contributed by atoms with Crippen LogP contribution in [0.25, 0.3) is 33.9 Å². The third-order valence-electron chi connectivity index (χ3n) is 20.8. The van der Waals surface area contributed by atoms with Gasteiger partial charge in [-0.25, -0.2) is 14.8 Å². The molecule has 0 saturated carbocycles. The van der Waals surface area contributed by atoms with Crippen LogP contribution in [0.1, 0.15) is 230 Å². The molecule has 3 aromatic heterocycles. The molecule has 4 heterocycles. The first-order chi connectivity index (χ1) is 60.7. The second-order valence-electron chi connectivity index (χ2n) is 36.6. The van der Waals surface area contributed by atoms with Crippen molar-refractivity contribution in [3.63, 3.8) is 0 Å². The first-order valence-electron chi connectivity index (χ1n) is 43.8. The number of primary amides is 2. The van der Waals surface area contributed by atoms with E-state index in [2.05, 4.69) is 114 Å². The fraction of sp³-hybridized carbons (Fsp3) is 0.444. The van der Waals surface area contributed by atoms with Crippen LogP contribution >= 0.6 is 23.2 Å². The number of hydrogen-bond donors (Lipinski definition) is 11. The number of amides is 6. The van der Waals surface area contributed by atoms with Crippen LogP contribution in [0.3, 0.4) is 0 Å². The average molecular weight is 1810 g/mol. The number of imidazole rings is 2. The summed E-state index contributed by atoms with van der Waals surface area (Å²) < 4.78 is 26.8. The van der Waals surface area contributed by atoms with Gasteiger partial charge in [0.1, 0.15) is 52.7 Å². The molecule has 129 heavy (non-hydrogen) atoms. The highest BCUT2D eigenvalue weighted by Crippen LogP contribution is 2.41. The molecule has 0 spiro atoms. The van der Waals surface area contributed by atoms with Crippen molar-refractivity contribution in [1.29, 1.82) is 5.26 Å². The molecule has 28 nitrogen and oxygen atoms in total. The SMILES string of the molecule is CC(C)Oc1ccc(C(=O)NC(CNC(=O)CN(C)C)Cc2ccc(-c3cn(CCN)c(C(C)(C)C)n3)cc2)cc1Cl.CC(C)Oc1ccc(C(N)=O)c(C(CCO)Cc2ccc(C3=CN(CCCNC(=O)OC(C)(C)C)C(C(C)(C)C)N3)cc2)c1Cl.CC(C)Oc1ccc(C(N)=O)c(C(CNC(=O)C(C)O)Cc2ccc(-c3cn4cccc(C(C)O)c4n3)cc2)c1C#N. The van der Waals surface area contributed by atoms with E-state index in [9.17, 15) is 49.3 Å². The van der Waals surface area contributed by atoms with Crippen LogP contribution in [0.4, 0.5) is 4.79 Å². The lowest BCUT2D eigenvalue weighted by Gasteiger charge is -2.36. The van der Waals surface area contributed by atoms with Crippen molar-refractivity contribution in [3.05, 3.63) is 229 Å². The molecule has 0 radical (unpaired) electrons. The third kappa shape index (κ3) is 30.0. The highest BCUT2D eigenvalue weighted by molar-refractivity contribution is 6.33. The molecule has 9 aromatic rings. The Labute approximate surface area is 769 Å². The van der Waals surface area contributed by atoms with Crippen molar-refractivity contribution in [2.24, 2.45) is 22.6 Å². The number of aliphatic hydroxyl groups excluding tert-OH is 3. The Hall–Kier alpha value is -11.6. The summed E-state index contributed by atoms with van der Waals surface area (Å²) in [5.74, 6) is -0.714. The lowest BCUT2D eigenvalue weighted by atomic mass is 9.84. The fourth-order valence-electron chi connectivity index (χ4n) is 15.0. The Balaban J connectivity index is 0.000000239. The number of nitrogens with two attached hydrogens (primary N) is 3. The van der Waals surface area contributed by atoms with E-state index in [4.69, 9.17) is 69.3 Å². The number of nitriles is 1. The molecule has 694 valence electrons. The maximum absolute atomic E-state index is 13.2. The molecule has 0 aliphatic carbocycles. The highest BCUT2D eigenvalue weighted by atomic mass is 35.5. The molecule has 6 amide bonds. The minimum atomic E-state index is -1.23. The molecule has 14 N–H and O–H groups in total. The standard InChI is InChI=1S/C35H51ClN4O5.C32H45ClN6O3.C32H35N5O5/c1-22(2)44-28-15-14-26(31(37)42)29(30(28)36)25(16-19-41)20-23-10-12-24(13-11-23)27-21-40(32(39-27)34(3,4)5)18-9-17-38-33(43)45-35(6,7)8;1-21(2)42-28-13-12-24(17-26(28)33)30(41)36-25(18-35-29(40)20-38(6)7)16-22-8-10-23(11-9-22)27-19-39(15-14-34)31(37-27)32(3,4)5;1-18(2)42-28-12-11-25(30(34)40)29(26(28)15-33)23(16-35-32(41)20(4)39)14-21-7-9-22(10-8-21)27-17-37-13-5-6-24(19(3)38)31(37)36-27/h10-15,21-22,25,32,39,41H,9,16-20H2,1-8H3,(H2,37,42)(H,38,43);8-13,17,19,21,25H,14-16,18,20,34H2,1-7H3,(H,35,40)(H,36,41);5-13,17-20,23,38-39H,14,16H2,1-4H3,(H2,34,40)(H,35,41). The van der Waals surface area contributed by atoms with E-state index in [-0.39, 0.29) is 96.4 Å². The number of nitrogens with zero attached hydrogens (tertiary/aromatic N) is 7. The summed E-state index contributed by atoms with van der Waals surface area (Å²) in [4.78, 5) is 88.5. The van der Waals surface area contributed by atoms with Gasteiger partial charge in [0.05, 0.1) is 69.7 Å². The number of halogens is 2. The number of aliphatic hydroxyl groups is 3. The topological polar surface area (TPSA) is 404 Å². The van der Waals surface area contributed by atoms with E-state index in [0.29, 0.717) is 101 Å². The van der Waals surface area contributed by atoms with E-state index < -0.39 is 47.5 Å². The lowest BCUT2D eigenvalue weighted by molar-refractivity contribution is -0.128. The van der Waals surface area contributed by atoms with Crippen molar-refractivity contribution in [3.8, 4) is 45.8 Å². The van der Waals surface area contributed by atoms with Gasteiger partial charge in [-0.3, -0.25) is 24.0 Å². The molecule has 30 heteroatoms. The van der Waals surface area contributed by atoms with Crippen molar-refractivity contribution in [1.82, 2.24) is 55.3 Å². The Kier molecular flexibility index (Phi) is 37.2. The summed E-state index contributed by atoms with van der Waals surface area (Å²) in [7, 11) is 3.67. The molecule has 6 atom stereocenters. The number of nitrogens with one attached hydrogen (secondary N) is 5. The van der Waals surface area contributed by atoms with Crippen LogP contribution in [0.5, 0.6) is 17.2 Å². The van der Waals surface area contributed by atoms with Crippen LogP contribution in [0, 0.1) is 16.7 Å². The largest absolute Gasteiger partial charge is 0.490 e. The number of ether oxygens (including phenoxy) is 4. The number of benzene rings is 6. The first-order valence-corrected chi connectivity index (χ1v) is 44.5. The number of rotatable bonds is 37. The highest BCUT2D eigenvalue weighted by Gasteiger charge is 2.35. The minimum Gasteiger partial charge on any atom is -0.490 e. The number of alkyl carbamates (subject to hydrolysis) is 1. The summed E-state index contributed by atoms with van der Waals surface area (Å²) in [5, 5.41) is 55.9. The molecular weight excluding hydrogens is 1680 g/mol. The van der Waals surface area contributed by atoms with E-state index in [1.807, 2.05) is 160 Å². The minimum absolute atomic E-state index is 0.0362. The number of likely N-dealkylation sites (N-methyl/N-ethyl adjacent to an activating group) is 1. The number of pyridine rings is 1. The van der Waals surface area contributed by atoms with Crippen molar-refractivity contribution in [2.45, 2.75) is 222 Å². The molecule has 10 rings (SSSR count). The van der Waals surface area contributed by atoms with Gasteiger partial charge >= 0.3 is 6.09 Å². The second-order valence-corrected chi connectivity index (χ2v) is 37.4. The van der Waals surface area contributed by atoms with Crippen LogP contribution < -0.4 is 58.0 Å². The molecule has 1 aliphatic rings. The van der Waals surface area contributed by atoms with Gasteiger partial charge in [0, 0.05) is 121 Å². The van der Waals surface area contributed by atoms with Gasteiger partial charge in [-0.15, -0.1) is 0 Å². The zero-order chi connectivity index (χ0) is 95.1. The maximum Gasteiger partial charge on any atom is 0.407 e. The summed E-state index contributed by atoms with van der Waals surface area (Å²) in [6.07, 6.45) is 7.98. The van der Waals surface area contributed by atoms with Crippen LogP contribution in [0.15, 0.2) is 152 Å². The Morgan fingerprint density at radius 1 is 0.651 bits per heavy atom. The molecule has 1 aliphatic heterocycles. The summed E-state index contributed by atoms with van der Waals surface area (Å²) in [5.41, 5.74) is 28.6. The van der Waals surface area contributed by atoms with Crippen molar-refractivity contribution < 1.29 is 63.0 Å². The summed E-state index contributed by atoms with van der Waals surface area (Å²) in [6.45, 7) is 36.0. The molecule has 6 aromatic carbocycles. The van der Waals surface area contributed by atoms with Crippen molar-refractivity contribution >= 4 is 70.2 Å². The Morgan fingerprint density at radius 3 is 1.73 bits per heavy atom. The molecule has 0 saturated heterocycles. The van der Waals surface area contributed by atoms with E-state index in [1.54, 1.807) is 48.2 Å². The molecule has 6 unspecified atom stereocenters. The zero-order valence-corrected chi connectivity index (χ0v) is 79.4. The number of fused-ring (bicyclic) bond motifs is 1. The van der Waals surface area contributed by atoms with Crippen LogP contribution in [-0.2, 0) is 45.5 Å². The fourth-order valence-corrected chi connectivity index (χ4v) is 15.6. The van der Waals surface area contributed by atoms with Crippen LogP contribution in [0.2, 0.25) is 10.0 Å². The zero-order valence-electron chi connectivity index (χ0n) is 77.9. The van der Waals surface area contributed by atoms with Gasteiger partial charge in [-0.1, -0.05) is 144 Å². The summed E-state index contributed by atoms with van der Waals surface area (Å²) >= 11 is 13.2. The van der Waals surface area contributed by atoms with E-state index in [0.717, 1.165) is 74.8 Å². The van der Waals surface area contributed by atoms with Crippen LogP contribution in [-0.4, -0.2) is 182 Å². The smallest absolute Gasteiger partial charge is 0.407 e. The van der Waals surface area contributed by atoms with Gasteiger partial charge in [-0.05, 0) is 210 Å². The molecule has 0 fully saturated rings. The van der Waals surface area contributed by atoms with Gasteiger partial charge in [0.25, 0.3) is 5.91 Å². The number of carbonyl (C=O) groups is 6. The number of carbonyl (C=O) groups excluding carboxylic acids is 6. The van der Waals surface area contributed by atoms with Gasteiger partial charge in [0.2, 0.25) is 23.6 Å². The third-order valence-corrected chi connectivity index (χ3v) is 21.5. The predicted molar refractivity (Wildman–Crippen MR) is 507 cm³/mol. The van der Waals surface area contributed by atoms with E-state index in [1.165, 1.54) is 13.0 Å². The van der Waals surface area contributed by atoms with Crippen molar-refractivity contribution in [2.75, 3.05) is 60.0 Å². The monoisotopic (exact) mass is 1810 g/mol. The first kappa shape index (κ1) is 103. The predicted octanol–water partition coefficient (Wildman–Crippen LogP) is 14.3. The van der Waals surface area contributed by atoms with Gasteiger partial charge < -0.3 is 96.8 Å². The Morgan fingerprint density at radius 2 is 1.20 bits per heavy atom. The summed E-state index contributed by atoms with van der Waals surface area (Å²) in [6, 6.07) is 41.0. The Bertz CT molecular complexity index is 5370. The van der Waals surface area contributed by atoms with E-state index >= 15 is 0 Å². The van der Waals surface area contributed by atoms with Gasteiger partial charge in [-0.2, -0.15) is 5.26 Å². The average Bonchev–Trinajstić information content (AvgIpc) is 1.62. The quantitative estimate of drug-likeness (QED) is 0.0161. The number of aromatic nitrogens is 4. The lowest BCUT2D eigenvalue weighted by Crippen LogP contribution is -2.46. The molecular formula is C99H131Cl2N15O13. The number of hydrogen-bond acceptors (Lipinski definition) is 20. The molecule has 0 bridgehead atoms.